The van der Waals surface area contributed by atoms with Crippen LogP contribution in [0.5, 0.6) is 5.88 Å². The second-order valence-electron chi connectivity index (χ2n) is 3.25. The lowest BCUT2D eigenvalue weighted by Crippen LogP contribution is -2.07. The molecule has 1 aliphatic rings. The van der Waals surface area contributed by atoms with E-state index in [9.17, 15) is 0 Å². The fourth-order valence-corrected chi connectivity index (χ4v) is 1.52. The SMILES string of the molecule is CCOc1ncccc1C1=NCCC=C1. The van der Waals surface area contributed by atoms with Crippen LogP contribution in [0.2, 0.25) is 0 Å². The zero-order valence-corrected chi connectivity index (χ0v) is 8.81. The molecule has 78 valence electrons. The first-order chi connectivity index (χ1) is 7.42. The highest BCUT2D eigenvalue weighted by atomic mass is 16.5. The van der Waals surface area contributed by atoms with Crippen molar-refractivity contribution in [2.24, 2.45) is 4.99 Å². The molecule has 1 aliphatic heterocycles. The molecular formula is C12H14N2O. The molecule has 0 radical (unpaired) electrons. The van der Waals surface area contributed by atoms with Gasteiger partial charge in [0.2, 0.25) is 5.88 Å². The van der Waals surface area contributed by atoms with Crippen LogP contribution in [-0.4, -0.2) is 23.8 Å². The lowest BCUT2D eigenvalue weighted by atomic mass is 10.1. The molecule has 0 saturated carbocycles. The first kappa shape index (κ1) is 9.90. The summed E-state index contributed by atoms with van der Waals surface area (Å²) in [4.78, 5) is 8.66. The van der Waals surface area contributed by atoms with E-state index in [1.54, 1.807) is 6.20 Å². The highest BCUT2D eigenvalue weighted by Gasteiger charge is 2.09. The predicted octanol–water partition coefficient (Wildman–Crippen LogP) is 2.23. The molecule has 0 saturated heterocycles. The number of rotatable bonds is 3. The Hall–Kier alpha value is -1.64. The molecule has 0 unspecified atom stereocenters. The molecule has 0 fully saturated rings. The molecule has 1 aromatic heterocycles. The summed E-state index contributed by atoms with van der Waals surface area (Å²) < 4.78 is 5.46. The van der Waals surface area contributed by atoms with Crippen LogP contribution in [0.15, 0.2) is 35.5 Å². The van der Waals surface area contributed by atoms with E-state index in [1.807, 2.05) is 25.1 Å². The van der Waals surface area contributed by atoms with Crippen molar-refractivity contribution in [3.05, 3.63) is 36.0 Å². The van der Waals surface area contributed by atoms with Crippen LogP contribution in [0.1, 0.15) is 18.9 Å². The van der Waals surface area contributed by atoms with Crippen LogP contribution in [0.3, 0.4) is 0 Å². The van der Waals surface area contributed by atoms with Gasteiger partial charge in [-0.25, -0.2) is 4.98 Å². The maximum Gasteiger partial charge on any atom is 0.222 e. The minimum Gasteiger partial charge on any atom is -0.477 e. The van der Waals surface area contributed by atoms with Crippen LogP contribution in [0.4, 0.5) is 0 Å². The first-order valence-electron chi connectivity index (χ1n) is 5.21. The van der Waals surface area contributed by atoms with Gasteiger partial charge in [0, 0.05) is 12.7 Å². The van der Waals surface area contributed by atoms with Gasteiger partial charge in [-0.1, -0.05) is 6.08 Å². The summed E-state index contributed by atoms with van der Waals surface area (Å²) in [7, 11) is 0. The molecule has 1 aromatic rings. The van der Waals surface area contributed by atoms with E-state index in [0.29, 0.717) is 12.5 Å². The number of pyridine rings is 1. The van der Waals surface area contributed by atoms with Crippen LogP contribution in [-0.2, 0) is 0 Å². The number of dihydropyridines is 1. The molecule has 3 nitrogen and oxygen atoms in total. The Morgan fingerprint density at radius 1 is 1.47 bits per heavy atom. The molecule has 0 amide bonds. The van der Waals surface area contributed by atoms with Gasteiger partial charge in [0.05, 0.1) is 17.9 Å². The standard InChI is InChI=1S/C12H14N2O/c1-2-15-12-10(6-5-9-14-12)11-7-3-4-8-13-11/h3,5-7,9H,2,4,8H2,1H3. The zero-order valence-electron chi connectivity index (χ0n) is 8.81. The third kappa shape index (κ3) is 2.24. The summed E-state index contributed by atoms with van der Waals surface area (Å²) in [6, 6.07) is 3.90. The summed E-state index contributed by atoms with van der Waals surface area (Å²) in [5.74, 6) is 0.672. The number of ether oxygens (including phenoxy) is 1. The van der Waals surface area contributed by atoms with E-state index in [0.717, 1.165) is 24.2 Å². The quantitative estimate of drug-likeness (QED) is 0.753. The van der Waals surface area contributed by atoms with Gasteiger partial charge in [-0.05, 0) is 31.6 Å². The van der Waals surface area contributed by atoms with Crippen molar-refractivity contribution < 1.29 is 4.74 Å². The molecule has 15 heavy (non-hydrogen) atoms. The van der Waals surface area contributed by atoms with Crippen molar-refractivity contribution in [2.45, 2.75) is 13.3 Å². The first-order valence-corrected chi connectivity index (χ1v) is 5.21. The number of aliphatic imine (C=N–C) groups is 1. The van der Waals surface area contributed by atoms with Gasteiger partial charge in [-0.2, -0.15) is 0 Å². The van der Waals surface area contributed by atoms with Crippen molar-refractivity contribution in [2.75, 3.05) is 13.2 Å². The second-order valence-corrected chi connectivity index (χ2v) is 3.25. The Kier molecular flexibility index (Phi) is 3.12. The lowest BCUT2D eigenvalue weighted by Gasteiger charge is -2.10. The van der Waals surface area contributed by atoms with Gasteiger partial charge in [0.1, 0.15) is 0 Å². The third-order valence-corrected chi connectivity index (χ3v) is 2.18. The minimum atomic E-state index is 0.626. The highest BCUT2D eigenvalue weighted by Crippen LogP contribution is 2.17. The van der Waals surface area contributed by atoms with Crippen molar-refractivity contribution in [1.82, 2.24) is 4.98 Å². The van der Waals surface area contributed by atoms with Crippen molar-refractivity contribution >= 4 is 5.71 Å². The number of hydrogen-bond acceptors (Lipinski definition) is 3. The summed E-state index contributed by atoms with van der Waals surface area (Å²) in [6.07, 6.45) is 6.92. The summed E-state index contributed by atoms with van der Waals surface area (Å²) >= 11 is 0. The lowest BCUT2D eigenvalue weighted by molar-refractivity contribution is 0.326. The van der Waals surface area contributed by atoms with E-state index in [4.69, 9.17) is 4.74 Å². The van der Waals surface area contributed by atoms with E-state index in [-0.39, 0.29) is 0 Å². The summed E-state index contributed by atoms with van der Waals surface area (Å²) in [6.45, 7) is 3.43. The number of nitrogens with zero attached hydrogens (tertiary/aromatic N) is 2. The van der Waals surface area contributed by atoms with E-state index in [1.165, 1.54) is 0 Å². The molecule has 0 aliphatic carbocycles. The van der Waals surface area contributed by atoms with E-state index in [2.05, 4.69) is 16.1 Å². The van der Waals surface area contributed by atoms with Gasteiger partial charge in [0.15, 0.2) is 0 Å². The maximum absolute atomic E-state index is 5.46. The molecule has 0 atom stereocenters. The molecule has 2 heterocycles. The number of allylic oxidation sites excluding steroid dienone is 1. The monoisotopic (exact) mass is 202 g/mol. The van der Waals surface area contributed by atoms with Gasteiger partial charge >= 0.3 is 0 Å². The van der Waals surface area contributed by atoms with Crippen LogP contribution in [0.25, 0.3) is 0 Å². The Balaban J connectivity index is 2.34. The van der Waals surface area contributed by atoms with Gasteiger partial charge < -0.3 is 4.74 Å². The van der Waals surface area contributed by atoms with Crippen molar-refractivity contribution in [3.8, 4) is 5.88 Å². The Bertz CT molecular complexity index is 396. The van der Waals surface area contributed by atoms with E-state index >= 15 is 0 Å². The average molecular weight is 202 g/mol. The van der Waals surface area contributed by atoms with Gasteiger partial charge in [-0.15, -0.1) is 0 Å². The Morgan fingerprint density at radius 2 is 2.40 bits per heavy atom. The largest absolute Gasteiger partial charge is 0.477 e. The van der Waals surface area contributed by atoms with Crippen LogP contribution in [0, 0.1) is 0 Å². The second kappa shape index (κ2) is 4.73. The normalized spacial score (nSPS) is 14.9. The van der Waals surface area contributed by atoms with Crippen molar-refractivity contribution in [1.29, 1.82) is 0 Å². The Labute approximate surface area is 89.5 Å². The number of hydrogen-bond donors (Lipinski definition) is 0. The number of aromatic nitrogens is 1. The fraction of sp³-hybridized carbons (Fsp3) is 0.333. The molecule has 2 rings (SSSR count). The summed E-state index contributed by atoms with van der Waals surface area (Å²) in [5.41, 5.74) is 1.95. The van der Waals surface area contributed by atoms with E-state index < -0.39 is 0 Å². The van der Waals surface area contributed by atoms with Crippen LogP contribution >= 0.6 is 0 Å². The molecule has 3 heteroatoms. The molecule has 0 bridgehead atoms. The predicted molar refractivity (Wildman–Crippen MR) is 60.6 cm³/mol. The average Bonchev–Trinajstić information content (AvgIpc) is 2.31. The molecule has 0 N–H and O–H groups in total. The highest BCUT2D eigenvalue weighted by molar-refractivity contribution is 6.10. The van der Waals surface area contributed by atoms with Gasteiger partial charge in [0.25, 0.3) is 0 Å². The Morgan fingerprint density at radius 3 is 3.13 bits per heavy atom. The zero-order chi connectivity index (χ0) is 10.5. The topological polar surface area (TPSA) is 34.5 Å². The minimum absolute atomic E-state index is 0.626. The fourth-order valence-electron chi connectivity index (χ4n) is 1.52. The van der Waals surface area contributed by atoms with Crippen molar-refractivity contribution in [3.63, 3.8) is 0 Å². The smallest absolute Gasteiger partial charge is 0.222 e. The summed E-state index contributed by atoms with van der Waals surface area (Å²) in [5, 5.41) is 0. The maximum atomic E-state index is 5.46. The molecule has 0 spiro atoms. The van der Waals surface area contributed by atoms with Crippen LogP contribution < -0.4 is 4.74 Å². The third-order valence-electron chi connectivity index (χ3n) is 2.18. The molecule has 0 aromatic carbocycles. The molecular weight excluding hydrogens is 188 g/mol. The van der Waals surface area contributed by atoms with Gasteiger partial charge in [-0.3, -0.25) is 4.99 Å².